The summed E-state index contributed by atoms with van der Waals surface area (Å²) in [7, 11) is 1.27. The molecule has 0 atom stereocenters. The molecule has 1 aromatic heterocycles. The monoisotopic (exact) mass is 264 g/mol. The molecule has 2 rings (SSSR count). The van der Waals surface area contributed by atoms with Crippen LogP contribution in [-0.4, -0.2) is 35.5 Å². The SMILES string of the molecule is CNCc1cncc(O)c1B1OC(C)(C)C(C)(C)O1. The van der Waals surface area contributed by atoms with Gasteiger partial charge < -0.3 is 19.7 Å². The summed E-state index contributed by atoms with van der Waals surface area (Å²) in [5.74, 6) is 0.103. The van der Waals surface area contributed by atoms with Crippen molar-refractivity contribution >= 4 is 12.6 Å². The quantitative estimate of drug-likeness (QED) is 0.791. The molecule has 0 unspecified atom stereocenters. The topological polar surface area (TPSA) is 63.6 Å². The maximum atomic E-state index is 10.1. The highest BCUT2D eigenvalue weighted by Crippen LogP contribution is 2.37. The minimum atomic E-state index is -0.573. The fourth-order valence-electron chi connectivity index (χ4n) is 2.07. The Labute approximate surface area is 114 Å². The minimum absolute atomic E-state index is 0.103. The molecule has 2 N–H and O–H groups in total. The molecule has 104 valence electrons. The number of pyridine rings is 1. The second-order valence-corrected chi connectivity index (χ2v) is 5.85. The second-order valence-electron chi connectivity index (χ2n) is 5.85. The molecule has 0 radical (unpaired) electrons. The number of rotatable bonds is 3. The van der Waals surface area contributed by atoms with E-state index in [1.54, 1.807) is 6.20 Å². The van der Waals surface area contributed by atoms with Gasteiger partial charge in [0.25, 0.3) is 0 Å². The lowest BCUT2D eigenvalue weighted by atomic mass is 9.76. The van der Waals surface area contributed by atoms with Crippen LogP contribution in [0.2, 0.25) is 0 Å². The van der Waals surface area contributed by atoms with Gasteiger partial charge in [0.2, 0.25) is 0 Å². The van der Waals surface area contributed by atoms with Crippen molar-refractivity contribution in [1.82, 2.24) is 10.3 Å². The van der Waals surface area contributed by atoms with Crippen molar-refractivity contribution in [2.45, 2.75) is 45.4 Å². The molecule has 0 amide bonds. The maximum absolute atomic E-state index is 10.1. The van der Waals surface area contributed by atoms with Crippen molar-refractivity contribution < 1.29 is 14.4 Å². The Morgan fingerprint density at radius 3 is 2.32 bits per heavy atom. The first-order valence-corrected chi connectivity index (χ1v) is 6.44. The van der Waals surface area contributed by atoms with Gasteiger partial charge >= 0.3 is 7.12 Å². The van der Waals surface area contributed by atoms with Crippen LogP contribution in [0.5, 0.6) is 5.75 Å². The lowest BCUT2D eigenvalue weighted by Gasteiger charge is -2.32. The van der Waals surface area contributed by atoms with Gasteiger partial charge in [-0.1, -0.05) is 0 Å². The fourth-order valence-corrected chi connectivity index (χ4v) is 2.07. The molecule has 0 aliphatic carbocycles. The molecule has 0 saturated carbocycles. The van der Waals surface area contributed by atoms with Gasteiger partial charge in [0.1, 0.15) is 5.75 Å². The molecular weight excluding hydrogens is 243 g/mol. The second kappa shape index (κ2) is 4.78. The Kier molecular flexibility index (Phi) is 3.60. The van der Waals surface area contributed by atoms with E-state index in [1.165, 1.54) is 6.20 Å². The van der Waals surface area contributed by atoms with Crippen LogP contribution in [0.1, 0.15) is 33.3 Å². The normalized spacial score (nSPS) is 20.8. The molecule has 1 saturated heterocycles. The van der Waals surface area contributed by atoms with E-state index >= 15 is 0 Å². The molecule has 1 aliphatic heterocycles. The van der Waals surface area contributed by atoms with E-state index in [-0.39, 0.29) is 5.75 Å². The van der Waals surface area contributed by atoms with Gasteiger partial charge in [-0.3, -0.25) is 4.98 Å². The summed E-state index contributed by atoms with van der Waals surface area (Å²) in [6, 6.07) is 0. The third kappa shape index (κ3) is 2.48. The van der Waals surface area contributed by atoms with E-state index < -0.39 is 18.3 Å². The van der Waals surface area contributed by atoms with Crippen molar-refractivity contribution in [3.05, 3.63) is 18.0 Å². The van der Waals surface area contributed by atoms with E-state index in [1.807, 2.05) is 34.7 Å². The van der Waals surface area contributed by atoms with Gasteiger partial charge in [0, 0.05) is 18.2 Å². The van der Waals surface area contributed by atoms with Crippen LogP contribution in [-0.2, 0) is 15.9 Å². The first-order chi connectivity index (χ1) is 8.78. The zero-order valence-corrected chi connectivity index (χ0v) is 12.2. The van der Waals surface area contributed by atoms with Crippen molar-refractivity contribution in [2.75, 3.05) is 7.05 Å². The molecule has 0 aromatic carbocycles. The van der Waals surface area contributed by atoms with Crippen molar-refractivity contribution in [1.29, 1.82) is 0 Å². The van der Waals surface area contributed by atoms with Crippen LogP contribution in [0.25, 0.3) is 0 Å². The van der Waals surface area contributed by atoms with Gasteiger partial charge in [-0.2, -0.15) is 0 Å². The van der Waals surface area contributed by atoms with E-state index in [0.717, 1.165) is 5.56 Å². The number of nitrogens with one attached hydrogen (secondary N) is 1. The van der Waals surface area contributed by atoms with Crippen LogP contribution in [0.15, 0.2) is 12.4 Å². The molecule has 5 nitrogen and oxygen atoms in total. The zero-order chi connectivity index (χ0) is 14.3. The number of hydrogen-bond acceptors (Lipinski definition) is 5. The Balaban J connectivity index is 2.39. The van der Waals surface area contributed by atoms with Gasteiger partial charge in [-0.15, -0.1) is 0 Å². The molecule has 1 fully saturated rings. The summed E-state index contributed by atoms with van der Waals surface area (Å²) < 4.78 is 12.0. The summed E-state index contributed by atoms with van der Waals surface area (Å²) in [5, 5.41) is 13.1. The van der Waals surface area contributed by atoms with Crippen molar-refractivity contribution in [2.24, 2.45) is 0 Å². The number of aromatic hydroxyl groups is 1. The Bertz CT molecular complexity index is 461. The lowest BCUT2D eigenvalue weighted by molar-refractivity contribution is 0.00578. The van der Waals surface area contributed by atoms with Crippen molar-refractivity contribution in [3.8, 4) is 5.75 Å². The first kappa shape index (κ1) is 14.3. The number of aromatic nitrogens is 1. The lowest BCUT2D eigenvalue weighted by Crippen LogP contribution is -2.41. The number of nitrogens with zero attached hydrogens (tertiary/aromatic N) is 1. The highest BCUT2D eigenvalue weighted by atomic mass is 16.7. The summed E-state index contributed by atoms with van der Waals surface area (Å²) >= 11 is 0. The predicted molar refractivity (Wildman–Crippen MR) is 74.4 cm³/mol. The van der Waals surface area contributed by atoms with E-state index in [4.69, 9.17) is 9.31 Å². The van der Waals surface area contributed by atoms with Crippen LogP contribution in [0.3, 0.4) is 0 Å². The molecule has 2 heterocycles. The van der Waals surface area contributed by atoms with Gasteiger partial charge in [-0.05, 0) is 40.3 Å². The molecule has 0 bridgehead atoms. The Morgan fingerprint density at radius 1 is 1.21 bits per heavy atom. The highest BCUT2D eigenvalue weighted by Gasteiger charge is 2.52. The standard InChI is InChI=1S/C13H21BN2O3/c1-12(2)13(3,4)19-14(18-12)11-9(6-15-5)7-16-8-10(11)17/h7-8,15,17H,6H2,1-5H3. The fraction of sp³-hybridized carbons (Fsp3) is 0.615. The summed E-state index contributed by atoms with van der Waals surface area (Å²) in [6.45, 7) is 8.55. The molecular formula is C13H21BN2O3. The summed E-state index contributed by atoms with van der Waals surface area (Å²) in [6.07, 6.45) is 3.14. The Hall–Kier alpha value is -1.11. The summed E-state index contributed by atoms with van der Waals surface area (Å²) in [4.78, 5) is 4.01. The smallest absolute Gasteiger partial charge is 0.499 e. The first-order valence-electron chi connectivity index (χ1n) is 6.44. The minimum Gasteiger partial charge on any atom is -0.507 e. The third-order valence-corrected chi connectivity index (χ3v) is 3.91. The van der Waals surface area contributed by atoms with Gasteiger partial charge in [-0.25, -0.2) is 0 Å². The predicted octanol–water partition coefficient (Wildman–Crippen LogP) is 0.806. The maximum Gasteiger partial charge on any atom is 0.499 e. The molecule has 6 heteroatoms. The molecule has 19 heavy (non-hydrogen) atoms. The van der Waals surface area contributed by atoms with E-state index in [0.29, 0.717) is 12.0 Å². The van der Waals surface area contributed by atoms with Crippen LogP contribution < -0.4 is 10.8 Å². The van der Waals surface area contributed by atoms with Crippen LogP contribution in [0, 0.1) is 0 Å². The third-order valence-electron chi connectivity index (χ3n) is 3.91. The average molecular weight is 264 g/mol. The summed E-state index contributed by atoms with van der Waals surface area (Å²) in [5.41, 5.74) is 0.679. The Morgan fingerprint density at radius 2 is 1.79 bits per heavy atom. The van der Waals surface area contributed by atoms with E-state index in [2.05, 4.69) is 10.3 Å². The van der Waals surface area contributed by atoms with E-state index in [9.17, 15) is 5.11 Å². The average Bonchev–Trinajstić information content (AvgIpc) is 2.48. The van der Waals surface area contributed by atoms with Crippen LogP contribution in [0.4, 0.5) is 0 Å². The zero-order valence-electron chi connectivity index (χ0n) is 12.2. The van der Waals surface area contributed by atoms with Gasteiger partial charge in [0.15, 0.2) is 0 Å². The van der Waals surface area contributed by atoms with Crippen LogP contribution >= 0.6 is 0 Å². The number of hydrogen-bond donors (Lipinski definition) is 2. The molecule has 1 aliphatic rings. The highest BCUT2D eigenvalue weighted by molar-refractivity contribution is 6.63. The van der Waals surface area contributed by atoms with Crippen molar-refractivity contribution in [3.63, 3.8) is 0 Å². The molecule has 0 spiro atoms. The largest absolute Gasteiger partial charge is 0.507 e. The molecule has 1 aromatic rings. The van der Waals surface area contributed by atoms with Gasteiger partial charge in [0.05, 0.1) is 17.4 Å².